The first-order valence-corrected chi connectivity index (χ1v) is 13.9. The molecule has 41 heavy (non-hydrogen) atoms. The predicted molar refractivity (Wildman–Crippen MR) is 154 cm³/mol. The summed E-state index contributed by atoms with van der Waals surface area (Å²) in [4.78, 5) is 51.4. The highest BCUT2D eigenvalue weighted by atomic mass is 35.5. The fraction of sp³-hybridized carbons (Fsp3) is 0.467. The van der Waals surface area contributed by atoms with Crippen LogP contribution >= 0.6 is 23.2 Å². The van der Waals surface area contributed by atoms with Crippen LogP contribution in [0.1, 0.15) is 46.6 Å². The second-order valence-electron chi connectivity index (χ2n) is 11.4. The second kappa shape index (κ2) is 14.7. The van der Waals surface area contributed by atoms with Gasteiger partial charge in [-0.15, -0.1) is 0 Å². The lowest BCUT2D eigenvalue weighted by Gasteiger charge is -2.27. The molecule has 0 radical (unpaired) electrons. The van der Waals surface area contributed by atoms with Crippen LogP contribution in [0.3, 0.4) is 0 Å². The van der Waals surface area contributed by atoms with Gasteiger partial charge in [0.1, 0.15) is 5.75 Å². The van der Waals surface area contributed by atoms with Gasteiger partial charge in [0.2, 0.25) is 5.78 Å². The fourth-order valence-corrected chi connectivity index (χ4v) is 4.39. The van der Waals surface area contributed by atoms with Crippen molar-refractivity contribution in [2.45, 2.75) is 59.4 Å². The minimum absolute atomic E-state index is 0.0515. The topological polar surface area (TPSA) is 102 Å². The number of rotatable bonds is 14. The van der Waals surface area contributed by atoms with Gasteiger partial charge in [0.15, 0.2) is 12.4 Å². The van der Waals surface area contributed by atoms with Crippen LogP contribution < -0.4 is 15.4 Å². The number of alkyl halides is 2. The second-order valence-corrected chi connectivity index (χ2v) is 12.3. The predicted octanol–water partition coefficient (Wildman–Crippen LogP) is 5.70. The minimum atomic E-state index is -4.33. The van der Waals surface area contributed by atoms with E-state index in [4.69, 9.17) is 27.9 Å². The van der Waals surface area contributed by atoms with E-state index in [0.717, 1.165) is 0 Å². The van der Waals surface area contributed by atoms with Gasteiger partial charge in [0, 0.05) is 28.9 Å². The Morgan fingerprint density at radius 1 is 0.951 bits per heavy atom. The molecule has 0 heterocycles. The van der Waals surface area contributed by atoms with E-state index in [1.807, 2.05) is 0 Å². The smallest absolute Gasteiger partial charge is 0.381 e. The summed E-state index contributed by atoms with van der Waals surface area (Å²) in [6.45, 7) is 7.75. The van der Waals surface area contributed by atoms with E-state index in [0.29, 0.717) is 15.6 Å². The van der Waals surface area contributed by atoms with E-state index in [1.165, 1.54) is 32.0 Å². The standard InChI is InChI=1S/C30H36Cl2F2N2O5/c1-18(2)23(27(39)30(33,34)28(40)35-17-29(3,4)5)15-25(37)24(11-19-9-7-6-8-10-19)36-26(38)16-41-22-13-20(31)12-21(32)14-22/h6-10,12-14,18,23-24H,11,15-17H2,1-5H3,(H,35,40)(H,36,38)/t23-,24-/m0/s1. The molecule has 2 aromatic rings. The van der Waals surface area contributed by atoms with Crippen LogP contribution in [0.4, 0.5) is 8.78 Å². The van der Waals surface area contributed by atoms with Crippen LogP contribution in [0.2, 0.25) is 10.0 Å². The molecule has 0 saturated carbocycles. The van der Waals surface area contributed by atoms with Crippen LogP contribution in [0.25, 0.3) is 0 Å². The molecule has 0 aliphatic heterocycles. The fourth-order valence-electron chi connectivity index (χ4n) is 3.88. The van der Waals surface area contributed by atoms with Crippen molar-refractivity contribution < 1.29 is 32.7 Å². The van der Waals surface area contributed by atoms with Gasteiger partial charge in [-0.25, -0.2) is 0 Å². The molecule has 7 nitrogen and oxygen atoms in total. The average molecular weight is 614 g/mol. The molecule has 0 unspecified atom stereocenters. The van der Waals surface area contributed by atoms with E-state index in [2.05, 4.69) is 10.6 Å². The number of carbonyl (C=O) groups is 4. The van der Waals surface area contributed by atoms with Gasteiger partial charge in [-0.1, -0.05) is 88.2 Å². The van der Waals surface area contributed by atoms with Crippen molar-refractivity contribution in [1.29, 1.82) is 0 Å². The third kappa shape index (κ3) is 11.0. The lowest BCUT2D eigenvalue weighted by Crippen LogP contribution is -2.52. The number of nitrogens with one attached hydrogen (secondary N) is 2. The third-order valence-corrected chi connectivity index (χ3v) is 6.59. The Morgan fingerprint density at radius 2 is 1.54 bits per heavy atom. The van der Waals surface area contributed by atoms with E-state index < -0.39 is 65.6 Å². The van der Waals surface area contributed by atoms with E-state index in [1.54, 1.807) is 51.1 Å². The summed E-state index contributed by atoms with van der Waals surface area (Å²) >= 11 is 11.9. The Kier molecular flexibility index (Phi) is 12.3. The van der Waals surface area contributed by atoms with Crippen molar-refractivity contribution in [2.75, 3.05) is 13.2 Å². The molecule has 2 aromatic carbocycles. The lowest BCUT2D eigenvalue weighted by atomic mass is 9.82. The summed E-state index contributed by atoms with van der Waals surface area (Å²) < 4.78 is 35.3. The molecule has 2 amide bonds. The van der Waals surface area contributed by atoms with Gasteiger partial charge in [0.25, 0.3) is 11.8 Å². The highest BCUT2D eigenvalue weighted by Crippen LogP contribution is 2.29. The number of benzene rings is 2. The Morgan fingerprint density at radius 3 is 2.07 bits per heavy atom. The lowest BCUT2D eigenvalue weighted by molar-refractivity contribution is -0.163. The van der Waals surface area contributed by atoms with E-state index in [-0.39, 0.29) is 18.7 Å². The number of hydrogen-bond acceptors (Lipinski definition) is 5. The van der Waals surface area contributed by atoms with Crippen LogP contribution in [0.5, 0.6) is 5.75 Å². The van der Waals surface area contributed by atoms with Gasteiger partial charge in [0.05, 0.1) is 6.04 Å². The van der Waals surface area contributed by atoms with Gasteiger partial charge in [-0.3, -0.25) is 19.2 Å². The number of hydrogen-bond donors (Lipinski definition) is 2. The number of carbonyl (C=O) groups excluding carboxylic acids is 4. The largest absolute Gasteiger partial charge is 0.484 e. The number of Topliss-reactive ketones (excluding diaryl/α,β-unsaturated/α-hetero) is 2. The molecule has 11 heteroatoms. The van der Waals surface area contributed by atoms with Gasteiger partial charge in [-0.05, 0) is 41.5 Å². The van der Waals surface area contributed by atoms with Crippen LogP contribution in [0, 0.1) is 17.3 Å². The monoisotopic (exact) mass is 612 g/mol. The summed E-state index contributed by atoms with van der Waals surface area (Å²) in [6, 6.07) is 12.1. The molecule has 2 rings (SSSR count). The zero-order valence-corrected chi connectivity index (χ0v) is 25.2. The number of ketones is 2. The first-order chi connectivity index (χ1) is 19.0. The Balaban J connectivity index is 2.20. The highest BCUT2D eigenvalue weighted by Gasteiger charge is 2.51. The zero-order valence-electron chi connectivity index (χ0n) is 23.7. The number of amides is 2. The first-order valence-electron chi connectivity index (χ1n) is 13.1. The van der Waals surface area contributed by atoms with Gasteiger partial charge in [-0.2, -0.15) is 8.78 Å². The maximum atomic E-state index is 14.9. The summed E-state index contributed by atoms with van der Waals surface area (Å²) in [5, 5.41) is 5.32. The van der Waals surface area contributed by atoms with Crippen LogP contribution in [-0.4, -0.2) is 48.5 Å². The van der Waals surface area contributed by atoms with Crippen LogP contribution in [-0.2, 0) is 25.6 Å². The van der Waals surface area contributed by atoms with E-state index >= 15 is 0 Å². The molecule has 0 aliphatic rings. The maximum Gasteiger partial charge on any atom is 0.381 e. The molecule has 224 valence electrons. The Hall–Kier alpha value is -3.04. The van der Waals surface area contributed by atoms with Crippen molar-refractivity contribution in [2.24, 2.45) is 17.3 Å². The SMILES string of the molecule is CC(C)[C@H](CC(=O)[C@H](Cc1ccccc1)NC(=O)COc1cc(Cl)cc(Cl)c1)C(=O)C(F)(F)C(=O)NCC(C)(C)C. The molecular weight excluding hydrogens is 577 g/mol. The maximum absolute atomic E-state index is 14.9. The van der Waals surface area contributed by atoms with Crippen molar-refractivity contribution in [3.05, 3.63) is 64.1 Å². The van der Waals surface area contributed by atoms with Gasteiger partial charge >= 0.3 is 5.92 Å². The zero-order chi connectivity index (χ0) is 31.0. The van der Waals surface area contributed by atoms with Crippen molar-refractivity contribution in [3.63, 3.8) is 0 Å². The molecule has 0 bridgehead atoms. The Labute approximate surface area is 249 Å². The molecule has 2 atom stereocenters. The first kappa shape index (κ1) is 34.2. The molecular formula is C30H36Cl2F2N2O5. The molecule has 2 N–H and O–H groups in total. The van der Waals surface area contributed by atoms with Gasteiger partial charge < -0.3 is 15.4 Å². The average Bonchev–Trinajstić information content (AvgIpc) is 2.87. The molecule has 0 spiro atoms. The summed E-state index contributed by atoms with van der Waals surface area (Å²) in [7, 11) is 0. The summed E-state index contributed by atoms with van der Waals surface area (Å²) in [6.07, 6.45) is -0.545. The molecule has 0 aromatic heterocycles. The minimum Gasteiger partial charge on any atom is -0.484 e. The quantitative estimate of drug-likeness (QED) is 0.267. The summed E-state index contributed by atoms with van der Waals surface area (Å²) in [5.41, 5.74) is 0.223. The number of ether oxygens (including phenoxy) is 1. The van der Waals surface area contributed by atoms with E-state index in [9.17, 15) is 28.0 Å². The molecule has 0 fully saturated rings. The Bertz CT molecular complexity index is 1210. The van der Waals surface area contributed by atoms with Crippen molar-refractivity contribution in [1.82, 2.24) is 10.6 Å². The molecule has 0 aliphatic carbocycles. The molecule has 0 saturated heterocycles. The van der Waals surface area contributed by atoms with Crippen molar-refractivity contribution >= 4 is 46.6 Å². The summed E-state index contributed by atoms with van der Waals surface area (Å²) in [5.74, 6) is -10.9. The highest BCUT2D eigenvalue weighted by molar-refractivity contribution is 6.34. The van der Waals surface area contributed by atoms with Crippen LogP contribution in [0.15, 0.2) is 48.5 Å². The number of halogens is 4. The van der Waals surface area contributed by atoms with Crippen molar-refractivity contribution in [3.8, 4) is 5.75 Å². The third-order valence-electron chi connectivity index (χ3n) is 6.15. The normalized spacial score (nSPS) is 13.3.